The Balaban J connectivity index is 1.59. The molecule has 0 aromatic heterocycles. The molecule has 0 aliphatic rings. The molecule has 1 amide bonds. The molecule has 4 nitrogen and oxygen atoms in total. The van der Waals surface area contributed by atoms with Crippen LogP contribution in [0.4, 0.5) is 0 Å². The van der Waals surface area contributed by atoms with E-state index in [1.165, 1.54) is 0 Å². The van der Waals surface area contributed by atoms with Crippen LogP contribution < -0.4 is 10.2 Å². The molecule has 0 spiro atoms. The predicted octanol–water partition coefficient (Wildman–Crippen LogP) is 3.99. The van der Waals surface area contributed by atoms with Crippen LogP contribution in [0.2, 0.25) is 0 Å². The van der Waals surface area contributed by atoms with Gasteiger partial charge in [-0.3, -0.25) is 4.79 Å². The lowest BCUT2D eigenvalue weighted by molar-refractivity contribution is -0.123. The van der Waals surface area contributed by atoms with Gasteiger partial charge in [-0.1, -0.05) is 48.5 Å². The van der Waals surface area contributed by atoms with E-state index in [2.05, 4.69) is 16.6 Å². The zero-order chi connectivity index (χ0) is 17.6. The molecule has 3 rings (SSSR count). The Morgan fingerprint density at radius 2 is 1.76 bits per heavy atom. The molecule has 0 saturated heterocycles. The van der Waals surface area contributed by atoms with E-state index in [0.29, 0.717) is 5.75 Å². The fourth-order valence-corrected chi connectivity index (χ4v) is 2.73. The van der Waals surface area contributed by atoms with Crippen LogP contribution in [0.3, 0.4) is 0 Å². The van der Waals surface area contributed by atoms with Crippen molar-refractivity contribution in [2.24, 2.45) is 5.10 Å². The SMILES string of the molecule is Cc1cc(C)cc(OCC(=O)N/N=C/c2cccc3ccccc23)c1. The quantitative estimate of drug-likeness (QED) is 0.567. The average Bonchev–Trinajstić information content (AvgIpc) is 2.59. The summed E-state index contributed by atoms with van der Waals surface area (Å²) in [5.41, 5.74) is 5.66. The van der Waals surface area contributed by atoms with Crippen LogP contribution >= 0.6 is 0 Å². The molecule has 3 aromatic carbocycles. The third-order valence-electron chi connectivity index (χ3n) is 3.78. The van der Waals surface area contributed by atoms with E-state index in [1.807, 2.05) is 68.4 Å². The van der Waals surface area contributed by atoms with Crippen molar-refractivity contribution in [1.82, 2.24) is 5.43 Å². The molecule has 4 heteroatoms. The fourth-order valence-electron chi connectivity index (χ4n) is 2.73. The van der Waals surface area contributed by atoms with Gasteiger partial charge in [0.25, 0.3) is 5.91 Å². The van der Waals surface area contributed by atoms with Gasteiger partial charge in [0.2, 0.25) is 0 Å². The van der Waals surface area contributed by atoms with E-state index in [4.69, 9.17) is 4.74 Å². The molecular formula is C21H20N2O2. The van der Waals surface area contributed by atoms with Gasteiger partial charge in [0.15, 0.2) is 6.61 Å². The largest absolute Gasteiger partial charge is 0.484 e. The second kappa shape index (κ2) is 7.62. The van der Waals surface area contributed by atoms with E-state index in [0.717, 1.165) is 27.5 Å². The van der Waals surface area contributed by atoms with E-state index in [1.54, 1.807) is 6.21 Å². The summed E-state index contributed by atoms with van der Waals surface area (Å²) in [6.45, 7) is 3.92. The van der Waals surface area contributed by atoms with Gasteiger partial charge in [-0.2, -0.15) is 5.10 Å². The minimum absolute atomic E-state index is 0.0736. The summed E-state index contributed by atoms with van der Waals surface area (Å²) in [7, 11) is 0. The van der Waals surface area contributed by atoms with E-state index in [9.17, 15) is 4.79 Å². The molecule has 0 fully saturated rings. The standard InChI is InChI=1S/C21H20N2O2/c1-15-10-16(2)12-19(11-15)25-14-21(24)23-22-13-18-8-5-7-17-6-3-4-9-20(17)18/h3-13H,14H2,1-2H3,(H,23,24)/b22-13+. The lowest BCUT2D eigenvalue weighted by Gasteiger charge is -2.07. The zero-order valence-corrected chi connectivity index (χ0v) is 14.3. The lowest BCUT2D eigenvalue weighted by Crippen LogP contribution is -2.24. The van der Waals surface area contributed by atoms with Crippen LogP contribution in [0.15, 0.2) is 65.8 Å². The first-order valence-electron chi connectivity index (χ1n) is 8.12. The van der Waals surface area contributed by atoms with Gasteiger partial charge in [0.05, 0.1) is 6.21 Å². The maximum atomic E-state index is 11.9. The Kier molecular flexibility index (Phi) is 5.09. The maximum Gasteiger partial charge on any atom is 0.277 e. The Labute approximate surface area is 147 Å². The van der Waals surface area contributed by atoms with Gasteiger partial charge >= 0.3 is 0 Å². The number of ether oxygens (including phenoxy) is 1. The predicted molar refractivity (Wildman–Crippen MR) is 101 cm³/mol. The molecule has 126 valence electrons. The molecule has 0 saturated carbocycles. The number of fused-ring (bicyclic) bond motifs is 1. The molecule has 0 aliphatic heterocycles. The first-order chi connectivity index (χ1) is 12.1. The number of carbonyl (C=O) groups excluding carboxylic acids is 1. The molecule has 0 radical (unpaired) electrons. The fraction of sp³-hybridized carbons (Fsp3) is 0.143. The highest BCUT2D eigenvalue weighted by molar-refractivity contribution is 5.99. The molecule has 0 bridgehead atoms. The molecule has 3 aromatic rings. The molecule has 0 heterocycles. The number of nitrogens with one attached hydrogen (secondary N) is 1. The summed E-state index contributed by atoms with van der Waals surface area (Å²) in [5.74, 6) is 0.390. The Morgan fingerprint density at radius 1 is 1.04 bits per heavy atom. The highest BCUT2D eigenvalue weighted by Crippen LogP contribution is 2.17. The third kappa shape index (κ3) is 4.44. The summed E-state index contributed by atoms with van der Waals surface area (Å²) < 4.78 is 5.52. The van der Waals surface area contributed by atoms with Crippen molar-refractivity contribution in [3.8, 4) is 5.75 Å². The van der Waals surface area contributed by atoms with E-state index in [-0.39, 0.29) is 12.5 Å². The number of amides is 1. The van der Waals surface area contributed by atoms with E-state index < -0.39 is 0 Å². The van der Waals surface area contributed by atoms with Crippen molar-refractivity contribution < 1.29 is 9.53 Å². The van der Waals surface area contributed by atoms with Crippen molar-refractivity contribution in [2.75, 3.05) is 6.61 Å². The summed E-state index contributed by atoms with van der Waals surface area (Å²) in [6, 6.07) is 19.9. The van der Waals surface area contributed by atoms with Gasteiger partial charge < -0.3 is 4.74 Å². The van der Waals surface area contributed by atoms with Crippen LogP contribution in [-0.4, -0.2) is 18.7 Å². The van der Waals surface area contributed by atoms with E-state index >= 15 is 0 Å². The third-order valence-corrected chi connectivity index (χ3v) is 3.78. The van der Waals surface area contributed by atoms with Gasteiger partial charge in [-0.05, 0) is 47.9 Å². The Bertz CT molecular complexity index is 907. The topological polar surface area (TPSA) is 50.7 Å². The summed E-state index contributed by atoms with van der Waals surface area (Å²) in [6.07, 6.45) is 1.65. The lowest BCUT2D eigenvalue weighted by atomic mass is 10.1. The Hall–Kier alpha value is -3.14. The Morgan fingerprint density at radius 3 is 2.56 bits per heavy atom. The average molecular weight is 332 g/mol. The van der Waals surface area contributed by atoms with Crippen molar-refractivity contribution >= 4 is 22.9 Å². The summed E-state index contributed by atoms with van der Waals surface area (Å²) >= 11 is 0. The van der Waals surface area contributed by atoms with Crippen LogP contribution in [0.25, 0.3) is 10.8 Å². The summed E-state index contributed by atoms with van der Waals surface area (Å²) in [4.78, 5) is 11.9. The van der Waals surface area contributed by atoms with Crippen LogP contribution in [0.5, 0.6) is 5.75 Å². The smallest absolute Gasteiger partial charge is 0.277 e. The number of carbonyl (C=O) groups is 1. The highest BCUT2D eigenvalue weighted by Gasteiger charge is 2.03. The zero-order valence-electron chi connectivity index (χ0n) is 14.3. The first-order valence-corrected chi connectivity index (χ1v) is 8.12. The number of nitrogens with zero attached hydrogens (tertiary/aromatic N) is 1. The molecule has 1 N–H and O–H groups in total. The van der Waals surface area contributed by atoms with Crippen molar-refractivity contribution in [3.05, 3.63) is 77.4 Å². The van der Waals surface area contributed by atoms with Crippen LogP contribution in [-0.2, 0) is 4.79 Å². The van der Waals surface area contributed by atoms with Crippen molar-refractivity contribution in [1.29, 1.82) is 0 Å². The van der Waals surface area contributed by atoms with Crippen LogP contribution in [0, 0.1) is 13.8 Å². The number of hydrazone groups is 1. The van der Waals surface area contributed by atoms with Crippen LogP contribution in [0.1, 0.15) is 16.7 Å². The second-order valence-electron chi connectivity index (χ2n) is 5.97. The normalized spacial score (nSPS) is 11.0. The maximum absolute atomic E-state index is 11.9. The monoisotopic (exact) mass is 332 g/mol. The number of hydrogen-bond acceptors (Lipinski definition) is 3. The summed E-state index contributed by atoms with van der Waals surface area (Å²) in [5, 5.41) is 6.26. The molecule has 0 unspecified atom stereocenters. The minimum Gasteiger partial charge on any atom is -0.484 e. The van der Waals surface area contributed by atoms with Gasteiger partial charge in [-0.25, -0.2) is 5.43 Å². The molecule has 0 atom stereocenters. The van der Waals surface area contributed by atoms with Crippen molar-refractivity contribution in [2.45, 2.75) is 13.8 Å². The van der Waals surface area contributed by atoms with Gasteiger partial charge in [0.1, 0.15) is 5.75 Å². The minimum atomic E-state index is -0.296. The molecule has 25 heavy (non-hydrogen) atoms. The second-order valence-corrected chi connectivity index (χ2v) is 5.97. The van der Waals surface area contributed by atoms with Gasteiger partial charge in [0, 0.05) is 5.56 Å². The number of rotatable bonds is 5. The number of benzene rings is 3. The number of aryl methyl sites for hydroxylation is 2. The molecule has 0 aliphatic carbocycles. The first kappa shape index (κ1) is 16.7. The number of hydrogen-bond donors (Lipinski definition) is 1. The molecular weight excluding hydrogens is 312 g/mol. The highest BCUT2D eigenvalue weighted by atomic mass is 16.5. The van der Waals surface area contributed by atoms with Gasteiger partial charge in [-0.15, -0.1) is 0 Å². The van der Waals surface area contributed by atoms with Crippen molar-refractivity contribution in [3.63, 3.8) is 0 Å².